The Hall–Kier alpha value is -2.35. The first-order valence-electron chi connectivity index (χ1n) is 5.60. The van der Waals surface area contributed by atoms with Crippen molar-refractivity contribution in [2.45, 2.75) is 13.3 Å². The van der Waals surface area contributed by atoms with E-state index in [4.69, 9.17) is 5.11 Å². The minimum atomic E-state index is -0.986. The number of rotatable bonds is 3. The normalized spacial score (nSPS) is 11.0. The lowest BCUT2D eigenvalue weighted by Gasteiger charge is -2.00. The zero-order chi connectivity index (χ0) is 13.4. The molecule has 3 rings (SSSR count). The third-order valence-electron chi connectivity index (χ3n) is 2.74. The second-order valence-electron chi connectivity index (χ2n) is 3.88. The summed E-state index contributed by atoms with van der Waals surface area (Å²) in [4.78, 5) is 11.8. The molecule has 0 radical (unpaired) electrons. The van der Waals surface area contributed by atoms with Gasteiger partial charge in [0.2, 0.25) is 0 Å². The average Bonchev–Trinajstić information content (AvgIpc) is 3.03. The topological polar surface area (TPSA) is 93.3 Å². The molecule has 0 saturated heterocycles. The number of carbonyl (C=O) groups is 1. The molecule has 96 valence electrons. The van der Waals surface area contributed by atoms with Gasteiger partial charge in [-0.3, -0.25) is 4.40 Å². The lowest BCUT2D eigenvalue weighted by atomic mass is 10.2. The van der Waals surface area contributed by atoms with Crippen LogP contribution in [-0.2, 0) is 6.42 Å². The zero-order valence-electron chi connectivity index (χ0n) is 9.94. The number of carboxylic acids is 1. The van der Waals surface area contributed by atoms with Crippen molar-refractivity contribution in [2.24, 2.45) is 0 Å². The molecule has 0 amide bonds. The Morgan fingerprint density at radius 3 is 2.95 bits per heavy atom. The van der Waals surface area contributed by atoms with Crippen LogP contribution >= 0.6 is 11.5 Å². The predicted octanol–water partition coefficient (Wildman–Crippen LogP) is 1.51. The van der Waals surface area contributed by atoms with Crippen molar-refractivity contribution in [1.82, 2.24) is 24.2 Å². The first kappa shape index (κ1) is 11.7. The van der Waals surface area contributed by atoms with E-state index in [1.54, 1.807) is 10.5 Å². The molecule has 0 aliphatic rings. The molecule has 0 aromatic carbocycles. The van der Waals surface area contributed by atoms with Gasteiger partial charge in [0.25, 0.3) is 0 Å². The van der Waals surface area contributed by atoms with Gasteiger partial charge in [0.15, 0.2) is 11.5 Å². The van der Waals surface area contributed by atoms with Crippen molar-refractivity contribution < 1.29 is 9.90 Å². The smallest absolute Gasteiger partial charge is 0.337 e. The standard InChI is InChI=1S/C11H9N5O2S/c1-2-7-9(19-15-12-7)10-14-13-8-4-3-6(11(17)18)5-16(8)10/h3-5H,2H2,1H3,(H,17,18). The Bertz CT molecular complexity index is 763. The van der Waals surface area contributed by atoms with Gasteiger partial charge in [-0.05, 0) is 30.1 Å². The van der Waals surface area contributed by atoms with Crippen LogP contribution in [-0.4, -0.2) is 35.3 Å². The predicted molar refractivity (Wildman–Crippen MR) is 68.2 cm³/mol. The van der Waals surface area contributed by atoms with Gasteiger partial charge < -0.3 is 5.11 Å². The number of aryl methyl sites for hydroxylation is 1. The summed E-state index contributed by atoms with van der Waals surface area (Å²) >= 11 is 1.23. The SMILES string of the molecule is CCc1nnsc1-c1nnc2ccc(C(=O)O)cn12. The maximum Gasteiger partial charge on any atom is 0.337 e. The van der Waals surface area contributed by atoms with E-state index in [1.165, 1.54) is 23.8 Å². The van der Waals surface area contributed by atoms with Crippen molar-refractivity contribution >= 4 is 23.1 Å². The van der Waals surface area contributed by atoms with E-state index < -0.39 is 5.97 Å². The molecular formula is C11H9N5O2S. The summed E-state index contributed by atoms with van der Waals surface area (Å²) in [5, 5.41) is 21.2. The highest BCUT2D eigenvalue weighted by atomic mass is 32.1. The fraction of sp³-hybridized carbons (Fsp3) is 0.182. The van der Waals surface area contributed by atoms with Crippen LogP contribution in [0.15, 0.2) is 18.3 Å². The molecule has 0 unspecified atom stereocenters. The number of aromatic nitrogens is 5. The number of hydrogen-bond donors (Lipinski definition) is 1. The highest BCUT2D eigenvalue weighted by molar-refractivity contribution is 7.09. The first-order chi connectivity index (χ1) is 9.20. The van der Waals surface area contributed by atoms with Gasteiger partial charge in [-0.2, -0.15) is 0 Å². The van der Waals surface area contributed by atoms with E-state index in [2.05, 4.69) is 19.8 Å². The molecule has 19 heavy (non-hydrogen) atoms. The number of pyridine rings is 1. The molecule has 0 saturated carbocycles. The van der Waals surface area contributed by atoms with Gasteiger partial charge in [0.1, 0.15) is 4.88 Å². The largest absolute Gasteiger partial charge is 0.478 e. The van der Waals surface area contributed by atoms with Gasteiger partial charge in [-0.15, -0.1) is 15.3 Å². The van der Waals surface area contributed by atoms with E-state index in [0.717, 1.165) is 17.0 Å². The van der Waals surface area contributed by atoms with Crippen LogP contribution in [0.25, 0.3) is 16.3 Å². The summed E-state index contributed by atoms with van der Waals surface area (Å²) in [7, 11) is 0. The van der Waals surface area contributed by atoms with Crippen LogP contribution in [0.2, 0.25) is 0 Å². The molecule has 3 aromatic rings. The first-order valence-corrected chi connectivity index (χ1v) is 6.37. The molecule has 0 bridgehead atoms. The number of aromatic carboxylic acids is 1. The minimum Gasteiger partial charge on any atom is -0.478 e. The Morgan fingerprint density at radius 2 is 2.21 bits per heavy atom. The summed E-state index contributed by atoms with van der Waals surface area (Å²) in [6.45, 7) is 1.98. The molecule has 7 nitrogen and oxygen atoms in total. The lowest BCUT2D eigenvalue weighted by molar-refractivity contribution is 0.0696. The van der Waals surface area contributed by atoms with E-state index in [0.29, 0.717) is 11.5 Å². The lowest BCUT2D eigenvalue weighted by Crippen LogP contribution is -1.99. The summed E-state index contributed by atoms with van der Waals surface area (Å²) in [5.74, 6) is -0.412. The maximum atomic E-state index is 11.0. The Morgan fingerprint density at radius 1 is 1.37 bits per heavy atom. The van der Waals surface area contributed by atoms with Crippen molar-refractivity contribution in [3.8, 4) is 10.7 Å². The number of carboxylic acid groups (broad SMARTS) is 1. The fourth-order valence-electron chi connectivity index (χ4n) is 1.78. The van der Waals surface area contributed by atoms with Crippen molar-refractivity contribution in [3.63, 3.8) is 0 Å². The summed E-state index contributed by atoms with van der Waals surface area (Å²) in [6, 6.07) is 3.13. The van der Waals surface area contributed by atoms with Crippen LogP contribution in [0.3, 0.4) is 0 Å². The number of nitrogens with zero attached hydrogens (tertiary/aromatic N) is 5. The monoisotopic (exact) mass is 275 g/mol. The fourth-order valence-corrected chi connectivity index (χ4v) is 2.51. The molecule has 0 spiro atoms. The maximum absolute atomic E-state index is 11.0. The van der Waals surface area contributed by atoms with Crippen LogP contribution < -0.4 is 0 Å². The quantitative estimate of drug-likeness (QED) is 0.778. The Labute approximate surface area is 111 Å². The summed E-state index contributed by atoms with van der Waals surface area (Å²) in [6.07, 6.45) is 2.24. The number of fused-ring (bicyclic) bond motifs is 1. The van der Waals surface area contributed by atoms with Crippen LogP contribution in [0, 0.1) is 0 Å². The molecular weight excluding hydrogens is 266 g/mol. The van der Waals surface area contributed by atoms with E-state index in [9.17, 15) is 4.79 Å². The van der Waals surface area contributed by atoms with Crippen LogP contribution in [0.1, 0.15) is 23.0 Å². The summed E-state index contributed by atoms with van der Waals surface area (Å²) in [5.41, 5.74) is 1.61. The molecule has 8 heteroatoms. The highest BCUT2D eigenvalue weighted by Gasteiger charge is 2.16. The van der Waals surface area contributed by atoms with Crippen molar-refractivity contribution in [2.75, 3.05) is 0 Å². The van der Waals surface area contributed by atoms with Crippen molar-refractivity contribution in [1.29, 1.82) is 0 Å². The average molecular weight is 275 g/mol. The summed E-state index contributed by atoms with van der Waals surface area (Å²) < 4.78 is 5.56. The highest BCUT2D eigenvalue weighted by Crippen LogP contribution is 2.25. The van der Waals surface area contributed by atoms with Gasteiger partial charge in [0, 0.05) is 6.20 Å². The molecule has 0 fully saturated rings. The molecule has 0 atom stereocenters. The Kier molecular flexibility index (Phi) is 2.71. The molecule has 0 aliphatic heterocycles. The number of hydrogen-bond acceptors (Lipinski definition) is 6. The second kappa shape index (κ2) is 4.39. The molecule has 1 N–H and O–H groups in total. The van der Waals surface area contributed by atoms with Crippen LogP contribution in [0.4, 0.5) is 0 Å². The second-order valence-corrected chi connectivity index (χ2v) is 4.63. The molecule has 3 heterocycles. The Balaban J connectivity index is 2.24. The van der Waals surface area contributed by atoms with Gasteiger partial charge in [-0.25, -0.2) is 4.79 Å². The third kappa shape index (κ3) is 1.85. The van der Waals surface area contributed by atoms with Gasteiger partial charge in [0.05, 0.1) is 11.3 Å². The molecule has 3 aromatic heterocycles. The van der Waals surface area contributed by atoms with Gasteiger partial charge in [-0.1, -0.05) is 11.4 Å². The van der Waals surface area contributed by atoms with Crippen molar-refractivity contribution in [3.05, 3.63) is 29.6 Å². The zero-order valence-corrected chi connectivity index (χ0v) is 10.8. The van der Waals surface area contributed by atoms with Crippen LogP contribution in [0.5, 0.6) is 0 Å². The van der Waals surface area contributed by atoms with Gasteiger partial charge >= 0.3 is 5.97 Å². The van der Waals surface area contributed by atoms with E-state index >= 15 is 0 Å². The van der Waals surface area contributed by atoms with E-state index in [1.807, 2.05) is 6.92 Å². The molecule has 0 aliphatic carbocycles. The minimum absolute atomic E-state index is 0.184. The van der Waals surface area contributed by atoms with E-state index in [-0.39, 0.29) is 5.56 Å². The third-order valence-corrected chi connectivity index (χ3v) is 3.51.